The SMILES string of the molecule is CCOC(=O)C1=C(C)OC(N)=C(C#N)C1c1cccc(OC)c1OCCCN(C)C. The molecule has 1 unspecified atom stereocenters. The minimum atomic E-state index is -0.790. The van der Waals surface area contributed by atoms with Crippen LogP contribution in [0.1, 0.15) is 31.7 Å². The number of nitriles is 1. The third-order valence-corrected chi connectivity index (χ3v) is 4.64. The topological polar surface area (TPSA) is 107 Å². The van der Waals surface area contributed by atoms with Crippen LogP contribution in [-0.4, -0.2) is 51.8 Å². The second-order valence-electron chi connectivity index (χ2n) is 7.00. The highest BCUT2D eigenvalue weighted by molar-refractivity contribution is 5.93. The number of rotatable bonds is 9. The smallest absolute Gasteiger partial charge is 0.338 e. The van der Waals surface area contributed by atoms with Gasteiger partial charge >= 0.3 is 5.97 Å². The van der Waals surface area contributed by atoms with Gasteiger partial charge in [-0.1, -0.05) is 12.1 Å². The number of para-hydroxylation sites is 1. The van der Waals surface area contributed by atoms with Crippen molar-refractivity contribution in [3.8, 4) is 17.6 Å². The molecule has 8 heteroatoms. The number of allylic oxidation sites excluding steroid dienone is 2. The van der Waals surface area contributed by atoms with Crippen LogP contribution >= 0.6 is 0 Å². The van der Waals surface area contributed by atoms with Crippen molar-refractivity contribution in [1.82, 2.24) is 4.90 Å². The summed E-state index contributed by atoms with van der Waals surface area (Å²) >= 11 is 0. The lowest BCUT2D eigenvalue weighted by Gasteiger charge is -2.28. The highest BCUT2D eigenvalue weighted by atomic mass is 16.5. The zero-order valence-corrected chi connectivity index (χ0v) is 18.2. The summed E-state index contributed by atoms with van der Waals surface area (Å²) < 4.78 is 22.3. The van der Waals surface area contributed by atoms with Crippen LogP contribution in [0.15, 0.2) is 41.0 Å². The lowest BCUT2D eigenvalue weighted by Crippen LogP contribution is -2.26. The highest BCUT2D eigenvalue weighted by Crippen LogP contribution is 2.45. The summed E-state index contributed by atoms with van der Waals surface area (Å²) in [5.74, 6) is -0.157. The largest absolute Gasteiger partial charge is 0.493 e. The van der Waals surface area contributed by atoms with Crippen LogP contribution in [0.25, 0.3) is 0 Å². The van der Waals surface area contributed by atoms with Crippen molar-refractivity contribution >= 4 is 5.97 Å². The van der Waals surface area contributed by atoms with Crippen LogP contribution in [-0.2, 0) is 14.3 Å². The van der Waals surface area contributed by atoms with E-state index in [1.807, 2.05) is 14.1 Å². The zero-order valence-electron chi connectivity index (χ0n) is 18.2. The summed E-state index contributed by atoms with van der Waals surface area (Å²) in [6.45, 7) is 4.82. The van der Waals surface area contributed by atoms with Gasteiger partial charge in [0.15, 0.2) is 11.5 Å². The molecule has 0 aliphatic carbocycles. The predicted octanol–water partition coefficient (Wildman–Crippen LogP) is 2.67. The van der Waals surface area contributed by atoms with E-state index in [2.05, 4.69) is 11.0 Å². The molecule has 2 N–H and O–H groups in total. The van der Waals surface area contributed by atoms with E-state index in [0.717, 1.165) is 13.0 Å². The number of methoxy groups -OCH3 is 1. The van der Waals surface area contributed by atoms with Gasteiger partial charge in [-0.25, -0.2) is 4.79 Å². The molecule has 1 aromatic rings. The van der Waals surface area contributed by atoms with Gasteiger partial charge in [0.1, 0.15) is 17.4 Å². The molecular formula is C22H29N3O5. The monoisotopic (exact) mass is 415 g/mol. The number of esters is 1. The van der Waals surface area contributed by atoms with E-state index in [1.165, 1.54) is 0 Å². The van der Waals surface area contributed by atoms with Gasteiger partial charge in [-0.05, 0) is 40.4 Å². The first-order valence-electron chi connectivity index (χ1n) is 9.75. The van der Waals surface area contributed by atoms with Crippen LogP contribution in [0.4, 0.5) is 0 Å². The third-order valence-electron chi connectivity index (χ3n) is 4.64. The number of benzene rings is 1. The fourth-order valence-electron chi connectivity index (χ4n) is 3.30. The second kappa shape index (κ2) is 10.6. The number of hydrogen-bond donors (Lipinski definition) is 1. The molecule has 1 atom stereocenters. The average molecular weight is 415 g/mol. The summed E-state index contributed by atoms with van der Waals surface area (Å²) in [5, 5.41) is 9.78. The molecular weight excluding hydrogens is 386 g/mol. The lowest BCUT2D eigenvalue weighted by molar-refractivity contribution is -0.139. The van der Waals surface area contributed by atoms with Gasteiger partial charge in [0.25, 0.3) is 0 Å². The van der Waals surface area contributed by atoms with Crippen LogP contribution in [0, 0.1) is 11.3 Å². The Morgan fingerprint density at radius 3 is 2.70 bits per heavy atom. The number of carbonyl (C=O) groups is 1. The van der Waals surface area contributed by atoms with E-state index in [9.17, 15) is 10.1 Å². The van der Waals surface area contributed by atoms with Gasteiger partial charge in [-0.2, -0.15) is 5.26 Å². The summed E-state index contributed by atoms with van der Waals surface area (Å²) in [4.78, 5) is 14.8. The van der Waals surface area contributed by atoms with Crippen molar-refractivity contribution in [2.45, 2.75) is 26.2 Å². The molecule has 0 aromatic heterocycles. The molecule has 0 fully saturated rings. The molecule has 1 aliphatic heterocycles. The maximum Gasteiger partial charge on any atom is 0.338 e. The highest BCUT2D eigenvalue weighted by Gasteiger charge is 2.38. The van der Waals surface area contributed by atoms with E-state index in [0.29, 0.717) is 23.7 Å². The van der Waals surface area contributed by atoms with Crippen LogP contribution in [0.5, 0.6) is 11.5 Å². The Bertz CT molecular complexity index is 883. The quantitative estimate of drug-likeness (QED) is 0.485. The zero-order chi connectivity index (χ0) is 22.3. The Labute approximate surface area is 177 Å². The first-order chi connectivity index (χ1) is 14.3. The van der Waals surface area contributed by atoms with Gasteiger partial charge in [-0.15, -0.1) is 0 Å². The Kier molecular flexibility index (Phi) is 8.13. The molecule has 0 radical (unpaired) electrons. The number of hydrogen-bond acceptors (Lipinski definition) is 8. The molecule has 0 saturated carbocycles. The average Bonchev–Trinajstić information content (AvgIpc) is 2.70. The van der Waals surface area contributed by atoms with Crippen LogP contribution < -0.4 is 15.2 Å². The van der Waals surface area contributed by atoms with E-state index < -0.39 is 11.9 Å². The standard InChI is InChI=1S/C22H29N3O5/c1-6-28-22(26)18-14(2)30-21(24)16(13-23)19(18)15-9-7-10-17(27-5)20(15)29-12-8-11-25(3)4/h7,9-10,19H,6,8,11-12,24H2,1-5H3. The third kappa shape index (κ3) is 5.05. The summed E-state index contributed by atoms with van der Waals surface area (Å²) in [6.07, 6.45) is 0.793. The minimum Gasteiger partial charge on any atom is -0.493 e. The van der Waals surface area contributed by atoms with Crippen molar-refractivity contribution in [3.05, 3.63) is 46.6 Å². The molecule has 0 saturated heterocycles. The van der Waals surface area contributed by atoms with E-state index in [-0.39, 0.29) is 29.4 Å². The molecule has 8 nitrogen and oxygen atoms in total. The molecule has 0 spiro atoms. The molecule has 1 heterocycles. The lowest BCUT2D eigenvalue weighted by atomic mass is 9.82. The van der Waals surface area contributed by atoms with Gasteiger partial charge in [0.2, 0.25) is 5.88 Å². The molecule has 2 rings (SSSR count). The van der Waals surface area contributed by atoms with Gasteiger partial charge in [-0.3, -0.25) is 0 Å². The van der Waals surface area contributed by atoms with Crippen molar-refractivity contribution in [2.24, 2.45) is 5.73 Å². The van der Waals surface area contributed by atoms with Gasteiger partial charge in [0, 0.05) is 12.1 Å². The maximum atomic E-state index is 12.8. The molecule has 30 heavy (non-hydrogen) atoms. The van der Waals surface area contributed by atoms with Crippen molar-refractivity contribution in [2.75, 3.05) is 41.0 Å². The molecule has 162 valence electrons. The Hall–Kier alpha value is -3.18. The van der Waals surface area contributed by atoms with E-state index in [1.54, 1.807) is 39.2 Å². The second-order valence-corrected chi connectivity index (χ2v) is 7.00. The summed E-state index contributed by atoms with van der Waals surface area (Å²) in [7, 11) is 5.52. The Balaban J connectivity index is 2.57. The minimum absolute atomic E-state index is 0.0468. The fourth-order valence-corrected chi connectivity index (χ4v) is 3.30. The fraction of sp³-hybridized carbons (Fsp3) is 0.455. The number of carbonyl (C=O) groups excluding carboxylic acids is 1. The Morgan fingerprint density at radius 1 is 1.37 bits per heavy atom. The number of nitrogens with two attached hydrogens (primary N) is 1. The summed E-state index contributed by atoms with van der Waals surface area (Å²) in [6, 6.07) is 7.41. The molecule has 1 aliphatic rings. The van der Waals surface area contributed by atoms with E-state index in [4.69, 9.17) is 24.7 Å². The van der Waals surface area contributed by atoms with E-state index >= 15 is 0 Å². The van der Waals surface area contributed by atoms with Gasteiger partial charge < -0.3 is 29.6 Å². The summed E-state index contributed by atoms with van der Waals surface area (Å²) in [5.41, 5.74) is 6.92. The number of ether oxygens (including phenoxy) is 4. The first-order valence-corrected chi connectivity index (χ1v) is 9.75. The maximum absolute atomic E-state index is 12.8. The normalized spacial score (nSPS) is 16.2. The van der Waals surface area contributed by atoms with Crippen molar-refractivity contribution in [1.29, 1.82) is 5.26 Å². The molecule has 0 amide bonds. The Morgan fingerprint density at radius 2 is 2.10 bits per heavy atom. The van der Waals surface area contributed by atoms with Crippen molar-refractivity contribution < 1.29 is 23.7 Å². The van der Waals surface area contributed by atoms with Crippen LogP contribution in [0.3, 0.4) is 0 Å². The molecule has 0 bridgehead atoms. The van der Waals surface area contributed by atoms with Gasteiger partial charge in [0.05, 0.1) is 31.8 Å². The number of nitrogens with zero attached hydrogens (tertiary/aromatic N) is 2. The predicted molar refractivity (Wildman–Crippen MR) is 112 cm³/mol. The molecule has 1 aromatic carbocycles. The van der Waals surface area contributed by atoms with Crippen molar-refractivity contribution in [3.63, 3.8) is 0 Å². The van der Waals surface area contributed by atoms with Crippen LogP contribution in [0.2, 0.25) is 0 Å². The first kappa shape index (κ1) is 23.1.